The summed E-state index contributed by atoms with van der Waals surface area (Å²) >= 11 is 0. The summed E-state index contributed by atoms with van der Waals surface area (Å²) in [6, 6.07) is 9.88. The van der Waals surface area contributed by atoms with Crippen molar-refractivity contribution in [3.8, 4) is 0 Å². The molecule has 0 saturated heterocycles. The number of ether oxygens (including phenoxy) is 1. The van der Waals surface area contributed by atoms with Crippen molar-refractivity contribution < 1.29 is 9.26 Å². The highest BCUT2D eigenvalue weighted by molar-refractivity contribution is 5.23. The largest absolute Gasteiger partial charge is 0.369 e. The van der Waals surface area contributed by atoms with Crippen molar-refractivity contribution in [2.24, 2.45) is 5.73 Å². The molecule has 0 aliphatic heterocycles. The number of methoxy groups -OCH3 is 1. The minimum atomic E-state index is -0.474. The molecule has 21 heavy (non-hydrogen) atoms. The third-order valence-corrected chi connectivity index (χ3v) is 4.19. The summed E-state index contributed by atoms with van der Waals surface area (Å²) in [7, 11) is 1.65. The minimum Gasteiger partial charge on any atom is -0.369 e. The number of aromatic nitrogens is 2. The van der Waals surface area contributed by atoms with Crippen LogP contribution in [0.25, 0.3) is 0 Å². The van der Waals surface area contributed by atoms with Crippen LogP contribution in [0.5, 0.6) is 0 Å². The molecule has 5 heteroatoms. The zero-order chi connectivity index (χ0) is 14.7. The van der Waals surface area contributed by atoms with Gasteiger partial charge in [0.2, 0.25) is 11.7 Å². The van der Waals surface area contributed by atoms with Crippen LogP contribution in [0.4, 0.5) is 0 Å². The Kier molecular flexibility index (Phi) is 4.03. The second-order valence-electron chi connectivity index (χ2n) is 5.70. The van der Waals surface area contributed by atoms with E-state index in [1.807, 2.05) is 30.3 Å². The molecule has 1 fully saturated rings. The Morgan fingerprint density at radius 1 is 1.19 bits per heavy atom. The van der Waals surface area contributed by atoms with Crippen LogP contribution in [0.1, 0.15) is 55.5 Å². The third kappa shape index (κ3) is 2.84. The van der Waals surface area contributed by atoms with Gasteiger partial charge < -0.3 is 15.0 Å². The molecular weight excluding hydrogens is 266 g/mol. The average Bonchev–Trinajstić information content (AvgIpc) is 3.00. The van der Waals surface area contributed by atoms with Gasteiger partial charge in [0.15, 0.2) is 0 Å². The van der Waals surface area contributed by atoms with E-state index < -0.39 is 5.54 Å². The first-order valence-corrected chi connectivity index (χ1v) is 7.44. The monoisotopic (exact) mass is 287 g/mol. The van der Waals surface area contributed by atoms with E-state index in [9.17, 15) is 0 Å². The van der Waals surface area contributed by atoms with Crippen LogP contribution in [0.15, 0.2) is 34.9 Å². The molecule has 1 aliphatic rings. The van der Waals surface area contributed by atoms with Crippen molar-refractivity contribution in [1.29, 1.82) is 0 Å². The molecule has 1 aromatic heterocycles. The summed E-state index contributed by atoms with van der Waals surface area (Å²) in [5.74, 6) is 1.07. The molecule has 112 valence electrons. The molecule has 0 radical (unpaired) electrons. The molecule has 1 aliphatic carbocycles. The lowest BCUT2D eigenvalue weighted by Crippen LogP contribution is -2.39. The Balaban J connectivity index is 1.86. The topological polar surface area (TPSA) is 74.2 Å². The van der Waals surface area contributed by atoms with Crippen molar-refractivity contribution in [1.82, 2.24) is 10.1 Å². The first-order valence-electron chi connectivity index (χ1n) is 7.44. The van der Waals surface area contributed by atoms with Crippen LogP contribution >= 0.6 is 0 Å². The number of hydrogen-bond donors (Lipinski definition) is 1. The first kappa shape index (κ1) is 14.2. The molecule has 0 spiro atoms. The average molecular weight is 287 g/mol. The SMILES string of the molecule is COC(c1ccccc1)c1noc(C2(N)CCCCC2)n1. The zero-order valence-electron chi connectivity index (χ0n) is 12.3. The number of rotatable bonds is 4. The quantitative estimate of drug-likeness (QED) is 0.935. The van der Waals surface area contributed by atoms with Gasteiger partial charge in [-0.25, -0.2) is 0 Å². The smallest absolute Gasteiger partial charge is 0.246 e. The van der Waals surface area contributed by atoms with Crippen molar-refractivity contribution >= 4 is 0 Å². The normalized spacial score (nSPS) is 19.3. The van der Waals surface area contributed by atoms with E-state index in [0.717, 1.165) is 31.2 Å². The minimum absolute atomic E-state index is 0.323. The summed E-state index contributed by atoms with van der Waals surface area (Å²) in [4.78, 5) is 4.53. The van der Waals surface area contributed by atoms with Crippen LogP contribution in [0.3, 0.4) is 0 Å². The van der Waals surface area contributed by atoms with Gasteiger partial charge in [-0.2, -0.15) is 4.98 Å². The van der Waals surface area contributed by atoms with Gasteiger partial charge in [-0.05, 0) is 18.4 Å². The van der Waals surface area contributed by atoms with Crippen LogP contribution in [-0.2, 0) is 10.3 Å². The lowest BCUT2D eigenvalue weighted by atomic mass is 9.82. The van der Waals surface area contributed by atoms with Crippen molar-refractivity contribution in [3.63, 3.8) is 0 Å². The number of hydrogen-bond acceptors (Lipinski definition) is 5. The maximum atomic E-state index is 6.44. The van der Waals surface area contributed by atoms with Gasteiger partial charge in [0.25, 0.3) is 0 Å². The summed E-state index contributed by atoms with van der Waals surface area (Å²) in [5.41, 5.74) is 6.97. The molecule has 1 aromatic carbocycles. The van der Waals surface area contributed by atoms with E-state index >= 15 is 0 Å². The Hall–Kier alpha value is -1.72. The van der Waals surface area contributed by atoms with Crippen LogP contribution < -0.4 is 5.73 Å². The van der Waals surface area contributed by atoms with Crippen molar-refractivity contribution in [3.05, 3.63) is 47.6 Å². The van der Waals surface area contributed by atoms with E-state index in [0.29, 0.717) is 11.7 Å². The van der Waals surface area contributed by atoms with E-state index in [2.05, 4.69) is 10.1 Å². The predicted octanol–water partition coefficient (Wildman–Crippen LogP) is 2.92. The van der Waals surface area contributed by atoms with Gasteiger partial charge in [-0.3, -0.25) is 0 Å². The Morgan fingerprint density at radius 3 is 2.57 bits per heavy atom. The molecule has 2 aromatic rings. The van der Waals surface area contributed by atoms with Crippen molar-refractivity contribution in [2.75, 3.05) is 7.11 Å². The Morgan fingerprint density at radius 2 is 1.90 bits per heavy atom. The number of benzene rings is 1. The van der Waals surface area contributed by atoms with E-state index in [-0.39, 0.29) is 6.10 Å². The summed E-state index contributed by atoms with van der Waals surface area (Å²) in [6.45, 7) is 0. The van der Waals surface area contributed by atoms with Crippen LogP contribution in [0, 0.1) is 0 Å². The second-order valence-corrected chi connectivity index (χ2v) is 5.70. The molecule has 0 bridgehead atoms. The molecule has 1 unspecified atom stereocenters. The van der Waals surface area contributed by atoms with Crippen LogP contribution in [-0.4, -0.2) is 17.3 Å². The maximum absolute atomic E-state index is 6.44. The van der Waals surface area contributed by atoms with E-state index in [4.69, 9.17) is 15.0 Å². The number of nitrogens with zero attached hydrogens (tertiary/aromatic N) is 2. The van der Waals surface area contributed by atoms with Crippen molar-refractivity contribution in [2.45, 2.75) is 43.7 Å². The first-order chi connectivity index (χ1) is 10.2. The maximum Gasteiger partial charge on any atom is 0.246 e. The number of nitrogens with two attached hydrogens (primary N) is 1. The lowest BCUT2D eigenvalue weighted by molar-refractivity contribution is 0.126. The van der Waals surface area contributed by atoms with Gasteiger partial charge in [-0.1, -0.05) is 54.8 Å². The lowest BCUT2D eigenvalue weighted by Gasteiger charge is -2.29. The Bertz CT molecular complexity index is 576. The summed E-state index contributed by atoms with van der Waals surface area (Å²) in [6.07, 6.45) is 4.93. The van der Waals surface area contributed by atoms with Gasteiger partial charge in [0, 0.05) is 7.11 Å². The van der Waals surface area contributed by atoms with Gasteiger partial charge in [0.05, 0.1) is 5.54 Å². The molecule has 2 N–H and O–H groups in total. The predicted molar refractivity (Wildman–Crippen MR) is 78.5 cm³/mol. The van der Waals surface area contributed by atoms with Gasteiger partial charge >= 0.3 is 0 Å². The van der Waals surface area contributed by atoms with E-state index in [1.165, 1.54) is 6.42 Å². The molecule has 1 atom stereocenters. The third-order valence-electron chi connectivity index (χ3n) is 4.19. The fraction of sp³-hybridized carbons (Fsp3) is 0.500. The highest BCUT2D eigenvalue weighted by atomic mass is 16.5. The molecular formula is C16H21N3O2. The molecule has 1 saturated carbocycles. The molecule has 1 heterocycles. The van der Waals surface area contributed by atoms with E-state index in [1.54, 1.807) is 7.11 Å². The zero-order valence-corrected chi connectivity index (χ0v) is 12.3. The van der Waals surface area contributed by atoms with Crippen LogP contribution in [0.2, 0.25) is 0 Å². The second kappa shape index (κ2) is 5.95. The highest BCUT2D eigenvalue weighted by Crippen LogP contribution is 2.34. The molecule has 5 nitrogen and oxygen atoms in total. The van der Waals surface area contributed by atoms with Gasteiger partial charge in [-0.15, -0.1) is 0 Å². The fourth-order valence-electron chi connectivity index (χ4n) is 2.96. The van der Waals surface area contributed by atoms with Gasteiger partial charge in [0.1, 0.15) is 6.10 Å². The summed E-state index contributed by atoms with van der Waals surface area (Å²) in [5, 5.41) is 4.09. The molecule has 0 amide bonds. The highest BCUT2D eigenvalue weighted by Gasteiger charge is 2.36. The molecule has 3 rings (SSSR count). The standard InChI is InChI=1S/C16H21N3O2/c1-20-13(12-8-4-2-5-9-12)14-18-15(21-19-14)16(17)10-6-3-7-11-16/h2,4-5,8-9,13H,3,6-7,10-11,17H2,1H3. The summed E-state index contributed by atoms with van der Waals surface area (Å²) < 4.78 is 11.0. The Labute approximate surface area is 124 Å². The fourth-order valence-corrected chi connectivity index (χ4v) is 2.96.